The lowest BCUT2D eigenvalue weighted by atomic mass is 10.3. The maximum Gasteiger partial charge on any atom is 0.351 e. The third-order valence-electron chi connectivity index (χ3n) is 2.07. The highest BCUT2D eigenvalue weighted by atomic mass is 32.1. The van der Waals surface area contributed by atoms with Gasteiger partial charge in [0.15, 0.2) is 5.58 Å². The molecule has 0 radical (unpaired) electrons. The lowest BCUT2D eigenvalue weighted by molar-refractivity contribution is 0.0596. The Morgan fingerprint density at radius 1 is 1.50 bits per heavy atom. The molecular weight excluding hydrogens is 230 g/mol. The highest BCUT2D eigenvalue weighted by Crippen LogP contribution is 2.28. The molecule has 2 aromatic heterocycles. The molecule has 0 bridgehead atoms. The molecule has 0 aromatic carbocycles. The maximum atomic E-state index is 11.4. The molecule has 5 nitrogen and oxygen atoms in total. The average Bonchev–Trinajstić information content (AvgIpc) is 2.68. The Kier molecular flexibility index (Phi) is 2.66. The topological polar surface area (TPSA) is 68.5 Å². The van der Waals surface area contributed by atoms with Gasteiger partial charge in [-0.25, -0.2) is 9.59 Å². The third kappa shape index (κ3) is 1.67. The molecule has 6 heteroatoms. The van der Waals surface area contributed by atoms with Crippen molar-refractivity contribution < 1.29 is 13.9 Å². The summed E-state index contributed by atoms with van der Waals surface area (Å²) in [5, 5.41) is 3.80. The van der Waals surface area contributed by atoms with Crippen LogP contribution >= 0.6 is 11.3 Å². The smallest absolute Gasteiger partial charge is 0.351 e. The summed E-state index contributed by atoms with van der Waals surface area (Å²) in [4.78, 5) is 22.7. The molecule has 0 spiro atoms. The van der Waals surface area contributed by atoms with Gasteiger partial charge in [-0.1, -0.05) is 0 Å². The van der Waals surface area contributed by atoms with Gasteiger partial charge in [0.2, 0.25) is 0 Å². The van der Waals surface area contributed by atoms with Crippen molar-refractivity contribution in [1.29, 1.82) is 0 Å². The number of fused-ring (bicyclic) bond motifs is 1. The molecule has 0 amide bonds. The number of hydrogen-bond acceptors (Lipinski definition) is 6. The van der Waals surface area contributed by atoms with Gasteiger partial charge in [-0.05, 0) is 6.07 Å². The fourth-order valence-electron chi connectivity index (χ4n) is 1.29. The van der Waals surface area contributed by atoms with Crippen LogP contribution in [0.2, 0.25) is 0 Å². The number of ether oxygens (including phenoxy) is 1. The van der Waals surface area contributed by atoms with Gasteiger partial charge in [-0.3, -0.25) is 0 Å². The average molecular weight is 239 g/mol. The van der Waals surface area contributed by atoms with Gasteiger partial charge in [0.1, 0.15) is 5.56 Å². The number of hydrogen-bond donors (Lipinski definition) is 1. The molecule has 0 fully saturated rings. The van der Waals surface area contributed by atoms with Crippen LogP contribution < -0.4 is 10.9 Å². The second-order valence-corrected chi connectivity index (χ2v) is 4.11. The number of anilines is 1. The van der Waals surface area contributed by atoms with Crippen molar-refractivity contribution in [2.75, 3.05) is 19.5 Å². The zero-order chi connectivity index (χ0) is 11.7. The molecule has 0 saturated carbocycles. The summed E-state index contributed by atoms with van der Waals surface area (Å²) in [6, 6.07) is 3.20. The first-order valence-electron chi connectivity index (χ1n) is 4.49. The summed E-state index contributed by atoms with van der Waals surface area (Å²) in [6.45, 7) is 0. The molecular formula is C10H9NO4S. The molecule has 0 aliphatic carbocycles. The summed E-state index contributed by atoms with van der Waals surface area (Å²) in [5.74, 6) is -0.685. The Bertz CT molecular complexity index is 598. The van der Waals surface area contributed by atoms with Crippen molar-refractivity contribution in [3.63, 3.8) is 0 Å². The molecule has 1 N–H and O–H groups in total. The molecule has 0 aliphatic heterocycles. The molecule has 2 heterocycles. The first-order valence-corrected chi connectivity index (χ1v) is 5.31. The van der Waals surface area contributed by atoms with Gasteiger partial charge < -0.3 is 14.5 Å². The summed E-state index contributed by atoms with van der Waals surface area (Å²) < 4.78 is 10.2. The number of esters is 1. The summed E-state index contributed by atoms with van der Waals surface area (Å²) >= 11 is 1.40. The third-order valence-corrected chi connectivity index (χ3v) is 3.16. The molecule has 0 unspecified atom stereocenters. The van der Waals surface area contributed by atoms with E-state index in [0.29, 0.717) is 5.58 Å². The van der Waals surface area contributed by atoms with Gasteiger partial charge >= 0.3 is 11.6 Å². The van der Waals surface area contributed by atoms with E-state index >= 15 is 0 Å². The molecule has 16 heavy (non-hydrogen) atoms. The van der Waals surface area contributed by atoms with E-state index in [2.05, 4.69) is 10.1 Å². The van der Waals surface area contributed by atoms with Crippen molar-refractivity contribution in [2.45, 2.75) is 0 Å². The lowest BCUT2D eigenvalue weighted by Gasteiger charge is -1.96. The normalized spacial score (nSPS) is 10.4. The molecule has 0 aliphatic rings. The first-order chi connectivity index (χ1) is 7.65. The first kappa shape index (κ1) is 10.7. The van der Waals surface area contributed by atoms with Crippen LogP contribution in [-0.2, 0) is 4.74 Å². The van der Waals surface area contributed by atoms with Gasteiger partial charge in [-0.2, -0.15) is 0 Å². The van der Waals surface area contributed by atoms with Crippen LogP contribution in [0.15, 0.2) is 21.3 Å². The van der Waals surface area contributed by atoms with Crippen LogP contribution in [0.5, 0.6) is 0 Å². The van der Waals surface area contributed by atoms with Crippen molar-refractivity contribution in [3.05, 3.63) is 28.1 Å². The van der Waals surface area contributed by atoms with Crippen LogP contribution in [0.4, 0.5) is 5.00 Å². The van der Waals surface area contributed by atoms with Crippen molar-refractivity contribution >= 4 is 32.6 Å². The number of rotatable bonds is 2. The standard InChI is InChI=1S/C10H9NO4S/c1-11-8-4-6-7(16-8)3-5(9(12)14-2)10(13)15-6/h3-4,11H,1-2H3. The van der Waals surface area contributed by atoms with E-state index in [1.54, 1.807) is 13.1 Å². The van der Waals surface area contributed by atoms with E-state index in [1.807, 2.05) is 0 Å². The predicted molar refractivity (Wildman–Crippen MR) is 61.2 cm³/mol. The van der Waals surface area contributed by atoms with E-state index in [9.17, 15) is 9.59 Å². The van der Waals surface area contributed by atoms with Crippen LogP contribution in [0, 0.1) is 0 Å². The Balaban J connectivity index is 2.65. The molecule has 2 rings (SSSR count). The Labute approximate surface area is 94.6 Å². The number of methoxy groups -OCH3 is 1. The van der Waals surface area contributed by atoms with Crippen molar-refractivity contribution in [3.8, 4) is 0 Å². The fraction of sp³-hybridized carbons (Fsp3) is 0.200. The van der Waals surface area contributed by atoms with Gasteiger partial charge in [0.25, 0.3) is 0 Å². The molecule has 2 aromatic rings. The lowest BCUT2D eigenvalue weighted by Crippen LogP contribution is -2.14. The van der Waals surface area contributed by atoms with Crippen LogP contribution in [0.1, 0.15) is 10.4 Å². The SMILES string of the molecule is CNc1cc2oc(=O)c(C(=O)OC)cc2s1. The maximum absolute atomic E-state index is 11.4. The number of nitrogens with one attached hydrogen (secondary N) is 1. The minimum atomic E-state index is -0.685. The summed E-state index contributed by atoms with van der Waals surface area (Å²) in [7, 11) is 2.99. The van der Waals surface area contributed by atoms with E-state index in [0.717, 1.165) is 9.70 Å². The highest BCUT2D eigenvalue weighted by molar-refractivity contribution is 7.22. The van der Waals surface area contributed by atoms with Crippen LogP contribution in [-0.4, -0.2) is 20.1 Å². The zero-order valence-electron chi connectivity index (χ0n) is 8.70. The van der Waals surface area contributed by atoms with E-state index in [1.165, 1.54) is 24.5 Å². The number of thiophene rings is 1. The Morgan fingerprint density at radius 2 is 2.25 bits per heavy atom. The minimum Gasteiger partial charge on any atom is -0.465 e. The van der Waals surface area contributed by atoms with Crippen LogP contribution in [0.25, 0.3) is 10.3 Å². The number of carbonyl (C=O) groups excluding carboxylic acids is 1. The highest BCUT2D eigenvalue weighted by Gasteiger charge is 2.15. The van der Waals surface area contributed by atoms with Gasteiger partial charge in [0.05, 0.1) is 16.8 Å². The molecule has 0 saturated heterocycles. The Morgan fingerprint density at radius 3 is 2.88 bits per heavy atom. The Hall–Kier alpha value is -1.82. The second kappa shape index (κ2) is 3.97. The van der Waals surface area contributed by atoms with Gasteiger partial charge in [0, 0.05) is 13.1 Å². The van der Waals surface area contributed by atoms with Gasteiger partial charge in [-0.15, -0.1) is 11.3 Å². The molecule has 84 valence electrons. The summed E-state index contributed by atoms with van der Waals surface area (Å²) in [6.07, 6.45) is 0. The quantitative estimate of drug-likeness (QED) is 0.807. The minimum absolute atomic E-state index is 0.0838. The second-order valence-electron chi connectivity index (χ2n) is 3.03. The van der Waals surface area contributed by atoms with E-state index < -0.39 is 11.6 Å². The summed E-state index contributed by atoms with van der Waals surface area (Å²) in [5.41, 5.74) is -0.300. The predicted octanol–water partition coefficient (Wildman–Crippen LogP) is 1.68. The van der Waals surface area contributed by atoms with E-state index in [4.69, 9.17) is 4.42 Å². The van der Waals surface area contributed by atoms with E-state index in [-0.39, 0.29) is 5.56 Å². The number of carbonyl (C=O) groups is 1. The van der Waals surface area contributed by atoms with Crippen LogP contribution in [0.3, 0.4) is 0 Å². The largest absolute Gasteiger partial charge is 0.465 e. The monoisotopic (exact) mass is 239 g/mol. The fourth-order valence-corrected chi connectivity index (χ4v) is 2.17. The van der Waals surface area contributed by atoms with Crippen molar-refractivity contribution in [2.24, 2.45) is 0 Å². The molecule has 0 atom stereocenters. The van der Waals surface area contributed by atoms with Crippen molar-refractivity contribution in [1.82, 2.24) is 0 Å². The zero-order valence-corrected chi connectivity index (χ0v) is 9.51.